The average molecular weight is 388 g/mol. The van der Waals surface area contributed by atoms with Crippen LogP contribution in [0.1, 0.15) is 92.0 Å². The molecule has 0 unspecified atom stereocenters. The van der Waals surface area contributed by atoms with Gasteiger partial charge >= 0.3 is 5.97 Å². The largest absolute Gasteiger partial charge is 0.497 e. The van der Waals surface area contributed by atoms with E-state index in [2.05, 4.69) is 6.92 Å². The number of Topliss-reactive ketones (excluding diaryl/α,β-unsaturated/α-hetero) is 1. The highest BCUT2D eigenvalue weighted by molar-refractivity contribution is 6.15. The summed E-state index contributed by atoms with van der Waals surface area (Å²) in [4.78, 5) is 24.7. The van der Waals surface area contributed by atoms with E-state index in [-0.39, 0.29) is 11.5 Å². The zero-order chi connectivity index (χ0) is 20.5. The molecule has 1 heterocycles. The van der Waals surface area contributed by atoms with Crippen LogP contribution in [0.4, 0.5) is 0 Å². The molecular weight excluding hydrogens is 354 g/mol. The summed E-state index contributed by atoms with van der Waals surface area (Å²) < 4.78 is 6.84. The van der Waals surface area contributed by atoms with Crippen LogP contribution in [0.25, 0.3) is 10.9 Å². The molecule has 1 aromatic heterocycles. The number of benzene rings is 1. The van der Waals surface area contributed by atoms with E-state index in [1.165, 1.54) is 38.5 Å². The Labute approximate surface area is 167 Å². The van der Waals surface area contributed by atoms with Gasteiger partial charge in [0.1, 0.15) is 11.4 Å². The predicted octanol–water partition coefficient (Wildman–Crippen LogP) is 5.99. The normalized spacial score (nSPS) is 11.1. The van der Waals surface area contributed by atoms with Crippen molar-refractivity contribution in [2.24, 2.45) is 7.05 Å². The molecule has 0 saturated carbocycles. The van der Waals surface area contributed by atoms with Crippen LogP contribution in [-0.4, -0.2) is 28.5 Å². The highest BCUT2D eigenvalue weighted by Gasteiger charge is 2.25. The first-order valence-electron chi connectivity index (χ1n) is 10.4. The van der Waals surface area contributed by atoms with E-state index in [9.17, 15) is 14.7 Å². The Balaban J connectivity index is 2.00. The van der Waals surface area contributed by atoms with Crippen molar-refractivity contribution in [1.29, 1.82) is 0 Å². The van der Waals surface area contributed by atoms with Gasteiger partial charge in [0.05, 0.1) is 12.7 Å². The molecule has 2 aromatic rings. The van der Waals surface area contributed by atoms with Gasteiger partial charge in [-0.1, -0.05) is 58.3 Å². The molecule has 5 nitrogen and oxygen atoms in total. The van der Waals surface area contributed by atoms with E-state index in [1.807, 2.05) is 0 Å². The minimum Gasteiger partial charge on any atom is -0.497 e. The zero-order valence-corrected chi connectivity index (χ0v) is 17.4. The molecule has 0 atom stereocenters. The number of ether oxygens (including phenoxy) is 1. The van der Waals surface area contributed by atoms with Crippen molar-refractivity contribution in [1.82, 2.24) is 4.57 Å². The minimum atomic E-state index is -1.08. The second-order valence-electron chi connectivity index (χ2n) is 7.47. The highest BCUT2D eigenvalue weighted by atomic mass is 16.5. The van der Waals surface area contributed by atoms with Gasteiger partial charge in [0.15, 0.2) is 5.78 Å². The van der Waals surface area contributed by atoms with Gasteiger partial charge in [-0.3, -0.25) is 4.79 Å². The van der Waals surface area contributed by atoms with Crippen LogP contribution < -0.4 is 4.74 Å². The lowest BCUT2D eigenvalue weighted by molar-refractivity contribution is 0.0682. The molecule has 0 aliphatic heterocycles. The third kappa shape index (κ3) is 5.37. The predicted molar refractivity (Wildman–Crippen MR) is 113 cm³/mol. The Bertz CT molecular complexity index is 807. The lowest BCUT2D eigenvalue weighted by Crippen LogP contribution is -2.11. The molecule has 28 heavy (non-hydrogen) atoms. The number of hydrogen-bond acceptors (Lipinski definition) is 3. The molecule has 0 saturated heterocycles. The zero-order valence-electron chi connectivity index (χ0n) is 17.4. The molecule has 0 fully saturated rings. The van der Waals surface area contributed by atoms with Gasteiger partial charge in [0, 0.05) is 24.4 Å². The van der Waals surface area contributed by atoms with Gasteiger partial charge in [-0.05, 0) is 24.6 Å². The highest BCUT2D eigenvalue weighted by Crippen LogP contribution is 2.30. The second-order valence-corrected chi connectivity index (χ2v) is 7.47. The summed E-state index contributed by atoms with van der Waals surface area (Å²) in [5.74, 6) is -0.556. The molecule has 0 radical (unpaired) electrons. The second kappa shape index (κ2) is 10.9. The number of carboxylic acids is 1. The van der Waals surface area contributed by atoms with E-state index in [0.29, 0.717) is 23.1 Å². The minimum absolute atomic E-state index is 0.0594. The van der Waals surface area contributed by atoms with Gasteiger partial charge in [0.2, 0.25) is 0 Å². The van der Waals surface area contributed by atoms with Crippen molar-refractivity contribution < 1.29 is 19.4 Å². The number of nitrogens with zero attached hydrogens (tertiary/aromatic N) is 1. The van der Waals surface area contributed by atoms with Gasteiger partial charge < -0.3 is 14.4 Å². The molecule has 0 aliphatic carbocycles. The fraction of sp³-hybridized carbons (Fsp3) is 0.565. The number of carbonyl (C=O) groups is 2. The van der Waals surface area contributed by atoms with E-state index in [0.717, 1.165) is 24.8 Å². The van der Waals surface area contributed by atoms with Crippen LogP contribution in [0.2, 0.25) is 0 Å². The first kappa shape index (κ1) is 22.0. The fourth-order valence-electron chi connectivity index (χ4n) is 3.80. The first-order valence-corrected chi connectivity index (χ1v) is 10.4. The molecule has 0 amide bonds. The van der Waals surface area contributed by atoms with Crippen molar-refractivity contribution in [2.45, 2.75) is 71.1 Å². The van der Waals surface area contributed by atoms with E-state index in [4.69, 9.17) is 4.74 Å². The number of rotatable bonds is 13. The summed E-state index contributed by atoms with van der Waals surface area (Å²) in [6, 6.07) is 5.34. The molecule has 1 N–H and O–H groups in total. The Morgan fingerprint density at radius 2 is 1.61 bits per heavy atom. The van der Waals surface area contributed by atoms with Crippen LogP contribution in [-0.2, 0) is 7.05 Å². The Morgan fingerprint density at radius 3 is 2.18 bits per heavy atom. The lowest BCUT2D eigenvalue weighted by Gasteiger charge is -2.04. The molecule has 0 spiro atoms. The van der Waals surface area contributed by atoms with Crippen LogP contribution in [0, 0.1) is 0 Å². The SMILES string of the molecule is CCCCCCCCCCCC(=O)c1c(C(=O)O)n(C)c2ccc(OC)cc12. The number of aromatic nitrogens is 1. The van der Waals surface area contributed by atoms with Crippen LogP contribution in [0.5, 0.6) is 5.75 Å². The van der Waals surface area contributed by atoms with Gasteiger partial charge in [-0.2, -0.15) is 0 Å². The Morgan fingerprint density at radius 1 is 1.00 bits per heavy atom. The van der Waals surface area contributed by atoms with Gasteiger partial charge in [-0.25, -0.2) is 4.79 Å². The maximum atomic E-state index is 12.9. The summed E-state index contributed by atoms with van der Waals surface area (Å²) in [6.45, 7) is 2.22. The van der Waals surface area contributed by atoms with Crippen LogP contribution in [0.3, 0.4) is 0 Å². The number of carboxylic acid groups (broad SMARTS) is 1. The average Bonchev–Trinajstić information content (AvgIpc) is 2.98. The molecule has 5 heteroatoms. The fourth-order valence-corrected chi connectivity index (χ4v) is 3.80. The number of ketones is 1. The Kier molecular flexibility index (Phi) is 8.55. The standard InChI is InChI=1S/C23H33NO4/c1-4-5-6-7-8-9-10-11-12-13-20(25)21-18-16-17(28-3)14-15-19(18)24(2)22(21)23(26)27/h14-16H,4-13H2,1-3H3,(H,26,27). The maximum Gasteiger partial charge on any atom is 0.353 e. The first-order chi connectivity index (χ1) is 13.5. The summed E-state index contributed by atoms with van der Waals surface area (Å²) in [6.07, 6.45) is 11.0. The molecule has 2 rings (SSSR count). The Hall–Kier alpha value is -2.30. The quantitative estimate of drug-likeness (QED) is 0.339. The van der Waals surface area contributed by atoms with E-state index >= 15 is 0 Å². The third-order valence-corrected chi connectivity index (χ3v) is 5.40. The number of aromatic carboxylic acids is 1. The maximum absolute atomic E-state index is 12.9. The van der Waals surface area contributed by atoms with Gasteiger partial charge in [-0.15, -0.1) is 0 Å². The number of carbonyl (C=O) groups excluding carboxylic acids is 1. The van der Waals surface area contributed by atoms with Crippen molar-refractivity contribution in [2.75, 3.05) is 7.11 Å². The number of unbranched alkanes of at least 4 members (excludes halogenated alkanes) is 8. The van der Waals surface area contributed by atoms with Gasteiger partial charge in [0.25, 0.3) is 0 Å². The molecule has 154 valence electrons. The molecule has 1 aromatic carbocycles. The molecule has 0 aliphatic rings. The topological polar surface area (TPSA) is 68.5 Å². The molecular formula is C23H33NO4. The summed E-state index contributed by atoms with van der Waals surface area (Å²) in [7, 11) is 3.25. The third-order valence-electron chi connectivity index (χ3n) is 5.40. The van der Waals surface area contributed by atoms with E-state index < -0.39 is 5.97 Å². The summed E-state index contributed by atoms with van der Waals surface area (Å²) in [5.41, 5.74) is 1.10. The van der Waals surface area contributed by atoms with Crippen molar-refractivity contribution in [3.8, 4) is 5.75 Å². The number of aryl methyl sites for hydroxylation is 1. The summed E-state index contributed by atoms with van der Waals surface area (Å²) >= 11 is 0. The van der Waals surface area contributed by atoms with Crippen molar-refractivity contribution in [3.63, 3.8) is 0 Å². The van der Waals surface area contributed by atoms with Crippen LogP contribution >= 0.6 is 0 Å². The molecule has 0 bridgehead atoms. The number of hydrogen-bond donors (Lipinski definition) is 1. The van der Waals surface area contributed by atoms with Crippen molar-refractivity contribution in [3.05, 3.63) is 29.5 Å². The lowest BCUT2D eigenvalue weighted by atomic mass is 10.00. The van der Waals surface area contributed by atoms with Crippen molar-refractivity contribution >= 4 is 22.7 Å². The monoisotopic (exact) mass is 387 g/mol. The number of methoxy groups -OCH3 is 1. The smallest absolute Gasteiger partial charge is 0.353 e. The number of fused-ring (bicyclic) bond motifs is 1. The van der Waals surface area contributed by atoms with E-state index in [1.54, 1.807) is 36.9 Å². The summed E-state index contributed by atoms with van der Waals surface area (Å²) in [5, 5.41) is 10.3. The van der Waals surface area contributed by atoms with Crippen LogP contribution in [0.15, 0.2) is 18.2 Å².